The van der Waals surface area contributed by atoms with Crippen molar-refractivity contribution < 1.29 is 0 Å². The second kappa shape index (κ2) is 7.81. The van der Waals surface area contributed by atoms with Crippen LogP contribution < -0.4 is 11.5 Å². The normalized spacial score (nSPS) is 10.0. The van der Waals surface area contributed by atoms with E-state index in [0.717, 1.165) is 22.5 Å². The van der Waals surface area contributed by atoms with Crippen LogP contribution in [0.3, 0.4) is 0 Å². The largest absolute Gasteiger partial charge is 0.398 e. The lowest BCUT2D eigenvalue weighted by Crippen LogP contribution is -1.83. The number of rotatable bonds is 2. The molecule has 2 aromatic heterocycles. The summed E-state index contributed by atoms with van der Waals surface area (Å²) in [5.74, 6) is 0. The van der Waals surface area contributed by atoms with Crippen molar-refractivity contribution in [1.29, 1.82) is 0 Å². The smallest absolute Gasteiger partial charge is 0.0502 e. The summed E-state index contributed by atoms with van der Waals surface area (Å²) in [5.41, 5.74) is 18.0. The van der Waals surface area contributed by atoms with E-state index in [1.54, 1.807) is 22.7 Å². The third-order valence-corrected chi connectivity index (χ3v) is 5.08. The van der Waals surface area contributed by atoms with Crippen LogP contribution >= 0.6 is 22.7 Å². The van der Waals surface area contributed by atoms with Gasteiger partial charge in [0.25, 0.3) is 0 Å². The fraction of sp³-hybridized carbons (Fsp3) is 0. The number of anilines is 2. The summed E-state index contributed by atoms with van der Waals surface area (Å²) < 4.78 is 0. The Morgan fingerprint density at radius 2 is 0.875 bits per heavy atom. The third kappa shape index (κ3) is 3.85. The minimum Gasteiger partial charge on any atom is -0.398 e. The topological polar surface area (TPSA) is 52.0 Å². The van der Waals surface area contributed by atoms with E-state index in [9.17, 15) is 0 Å². The van der Waals surface area contributed by atoms with E-state index in [2.05, 4.69) is 35.0 Å². The first-order valence-corrected chi connectivity index (χ1v) is 9.38. The van der Waals surface area contributed by atoms with E-state index in [1.165, 1.54) is 11.1 Å². The lowest BCUT2D eigenvalue weighted by Gasteiger charge is -1.97. The SMILES string of the molecule is Nc1cscc1-c1ccccc1.Nc1cscc1-c1ccccc1. The van der Waals surface area contributed by atoms with Crippen LogP contribution in [0.1, 0.15) is 0 Å². The predicted molar refractivity (Wildman–Crippen MR) is 108 cm³/mol. The summed E-state index contributed by atoms with van der Waals surface area (Å²) in [7, 11) is 0. The highest BCUT2D eigenvalue weighted by atomic mass is 32.1. The molecule has 0 unspecified atom stereocenters. The summed E-state index contributed by atoms with van der Waals surface area (Å²) in [6.07, 6.45) is 0. The van der Waals surface area contributed by atoms with Crippen molar-refractivity contribution >= 4 is 34.0 Å². The monoisotopic (exact) mass is 350 g/mol. The second-order valence-electron chi connectivity index (χ2n) is 5.21. The molecule has 2 heterocycles. The van der Waals surface area contributed by atoms with E-state index in [0.29, 0.717) is 0 Å². The molecule has 0 aliphatic rings. The van der Waals surface area contributed by atoms with Crippen LogP contribution in [0.15, 0.2) is 82.2 Å². The van der Waals surface area contributed by atoms with Gasteiger partial charge in [0.15, 0.2) is 0 Å². The second-order valence-corrected chi connectivity index (χ2v) is 6.70. The summed E-state index contributed by atoms with van der Waals surface area (Å²) in [6, 6.07) is 20.4. The molecule has 4 N–H and O–H groups in total. The molecule has 24 heavy (non-hydrogen) atoms. The zero-order chi connectivity index (χ0) is 16.8. The highest BCUT2D eigenvalue weighted by molar-refractivity contribution is 7.09. The minimum absolute atomic E-state index is 0.867. The van der Waals surface area contributed by atoms with E-state index < -0.39 is 0 Å². The van der Waals surface area contributed by atoms with Crippen molar-refractivity contribution in [3.8, 4) is 22.3 Å². The molecular weight excluding hydrogens is 332 g/mol. The van der Waals surface area contributed by atoms with Crippen molar-refractivity contribution in [2.75, 3.05) is 11.5 Å². The first-order valence-electron chi connectivity index (χ1n) is 7.50. The van der Waals surface area contributed by atoms with Gasteiger partial charge in [-0.25, -0.2) is 0 Å². The first-order chi connectivity index (χ1) is 11.8. The number of nitrogens with two attached hydrogens (primary N) is 2. The van der Waals surface area contributed by atoms with Crippen LogP contribution in [-0.4, -0.2) is 0 Å². The van der Waals surface area contributed by atoms with Gasteiger partial charge < -0.3 is 11.5 Å². The zero-order valence-corrected chi connectivity index (χ0v) is 14.7. The Balaban J connectivity index is 0.000000141. The van der Waals surface area contributed by atoms with Crippen molar-refractivity contribution in [1.82, 2.24) is 0 Å². The highest BCUT2D eigenvalue weighted by Crippen LogP contribution is 2.29. The molecule has 4 aromatic rings. The molecule has 0 atom stereocenters. The molecule has 0 saturated carbocycles. The number of hydrogen-bond acceptors (Lipinski definition) is 4. The van der Waals surface area contributed by atoms with Gasteiger partial charge in [-0.2, -0.15) is 0 Å². The Morgan fingerprint density at radius 1 is 0.500 bits per heavy atom. The first kappa shape index (κ1) is 16.3. The fourth-order valence-electron chi connectivity index (χ4n) is 2.32. The van der Waals surface area contributed by atoms with Gasteiger partial charge in [0, 0.05) is 32.6 Å². The molecule has 0 radical (unpaired) electrons. The maximum absolute atomic E-state index is 5.78. The zero-order valence-electron chi connectivity index (χ0n) is 13.1. The average Bonchev–Trinajstić information content (AvgIpc) is 3.25. The van der Waals surface area contributed by atoms with E-state index in [-0.39, 0.29) is 0 Å². The Bertz CT molecular complexity index is 804. The molecule has 2 nitrogen and oxygen atoms in total. The number of nitrogen functional groups attached to an aromatic ring is 2. The van der Waals surface area contributed by atoms with E-state index >= 15 is 0 Å². The van der Waals surface area contributed by atoms with E-state index in [1.807, 2.05) is 47.2 Å². The van der Waals surface area contributed by atoms with Gasteiger partial charge in [-0.15, -0.1) is 22.7 Å². The lowest BCUT2D eigenvalue weighted by molar-refractivity contribution is 1.67. The van der Waals surface area contributed by atoms with Gasteiger partial charge in [0.05, 0.1) is 11.4 Å². The number of hydrogen-bond donors (Lipinski definition) is 2. The summed E-state index contributed by atoms with van der Waals surface area (Å²) in [4.78, 5) is 0. The standard InChI is InChI=1S/2C10H9NS/c2*11-10-7-12-6-9(10)8-4-2-1-3-5-8/h2*1-7H,11H2. The summed E-state index contributed by atoms with van der Waals surface area (Å²) >= 11 is 3.27. The number of thiophene rings is 2. The van der Waals surface area contributed by atoms with Crippen LogP contribution in [0.25, 0.3) is 22.3 Å². The Labute approximate surface area is 150 Å². The molecule has 0 aliphatic heterocycles. The molecule has 120 valence electrons. The quantitative estimate of drug-likeness (QED) is 0.466. The summed E-state index contributed by atoms with van der Waals surface area (Å²) in [6.45, 7) is 0. The van der Waals surface area contributed by atoms with E-state index in [4.69, 9.17) is 11.5 Å². The Morgan fingerprint density at radius 3 is 1.17 bits per heavy atom. The maximum Gasteiger partial charge on any atom is 0.0502 e. The third-order valence-electron chi connectivity index (χ3n) is 3.55. The Hall–Kier alpha value is -2.56. The Kier molecular flexibility index (Phi) is 5.31. The molecule has 0 aliphatic carbocycles. The van der Waals surface area contributed by atoms with Crippen LogP contribution in [0, 0.1) is 0 Å². The van der Waals surface area contributed by atoms with Crippen molar-refractivity contribution in [2.45, 2.75) is 0 Å². The molecule has 4 heteroatoms. The molecule has 0 bridgehead atoms. The van der Waals surface area contributed by atoms with Gasteiger partial charge in [-0.1, -0.05) is 60.7 Å². The molecular formula is C20H18N2S2. The molecule has 4 rings (SSSR count). The average molecular weight is 351 g/mol. The molecule has 0 spiro atoms. The van der Waals surface area contributed by atoms with Crippen LogP contribution in [0.4, 0.5) is 11.4 Å². The fourth-order valence-corrected chi connectivity index (χ4v) is 3.82. The maximum atomic E-state index is 5.78. The predicted octanol–water partition coefficient (Wildman–Crippen LogP) is 5.99. The highest BCUT2D eigenvalue weighted by Gasteiger charge is 2.01. The van der Waals surface area contributed by atoms with Gasteiger partial charge in [0.2, 0.25) is 0 Å². The minimum atomic E-state index is 0.867. The molecule has 0 amide bonds. The molecule has 0 saturated heterocycles. The molecule has 0 fully saturated rings. The van der Waals surface area contributed by atoms with Crippen LogP contribution in [0.5, 0.6) is 0 Å². The van der Waals surface area contributed by atoms with Crippen molar-refractivity contribution in [3.63, 3.8) is 0 Å². The van der Waals surface area contributed by atoms with Crippen molar-refractivity contribution in [2.24, 2.45) is 0 Å². The van der Waals surface area contributed by atoms with Crippen LogP contribution in [0.2, 0.25) is 0 Å². The molecule has 2 aromatic carbocycles. The lowest BCUT2D eigenvalue weighted by atomic mass is 10.1. The van der Waals surface area contributed by atoms with Gasteiger partial charge >= 0.3 is 0 Å². The van der Waals surface area contributed by atoms with Gasteiger partial charge in [0.1, 0.15) is 0 Å². The number of benzene rings is 2. The van der Waals surface area contributed by atoms with Crippen molar-refractivity contribution in [3.05, 3.63) is 82.2 Å². The van der Waals surface area contributed by atoms with Gasteiger partial charge in [-0.05, 0) is 11.1 Å². The van der Waals surface area contributed by atoms with Gasteiger partial charge in [-0.3, -0.25) is 0 Å². The summed E-state index contributed by atoms with van der Waals surface area (Å²) in [5, 5.41) is 8.07. The van der Waals surface area contributed by atoms with Crippen LogP contribution in [-0.2, 0) is 0 Å².